The van der Waals surface area contributed by atoms with Crippen LogP contribution < -0.4 is 5.32 Å². The molecule has 2 rings (SSSR count). The van der Waals surface area contributed by atoms with Crippen molar-refractivity contribution >= 4 is 17.2 Å². The Bertz CT molecular complexity index is 589. The van der Waals surface area contributed by atoms with Crippen molar-refractivity contribution in [1.82, 2.24) is 0 Å². The molecule has 0 aliphatic heterocycles. The number of allylic oxidation sites excluding steroid dienone is 2. The number of benzene rings is 1. The Kier molecular flexibility index (Phi) is 5.14. The van der Waals surface area contributed by atoms with E-state index in [9.17, 15) is 9.90 Å². The van der Waals surface area contributed by atoms with Gasteiger partial charge in [-0.05, 0) is 37.1 Å². The molecule has 1 aromatic rings. The highest BCUT2D eigenvalue weighted by atomic mass is 16.3. The fraction of sp³-hybridized carbons (Fsp3) is 0.412. The van der Waals surface area contributed by atoms with Crippen LogP contribution in [0.3, 0.4) is 0 Å². The van der Waals surface area contributed by atoms with Crippen LogP contribution in [0.1, 0.15) is 49.0 Å². The maximum Gasteiger partial charge on any atom is 0.188 e. The second-order valence-corrected chi connectivity index (χ2v) is 5.13. The van der Waals surface area contributed by atoms with E-state index in [-0.39, 0.29) is 11.5 Å². The third kappa shape index (κ3) is 3.32. The van der Waals surface area contributed by atoms with E-state index in [1.165, 1.54) is 6.08 Å². The summed E-state index contributed by atoms with van der Waals surface area (Å²) in [5, 5.41) is 13.4. The van der Waals surface area contributed by atoms with Crippen molar-refractivity contribution in [3.63, 3.8) is 0 Å². The molecular weight excluding hydrogens is 264 g/mol. The Hall–Kier alpha value is -2.10. The minimum absolute atomic E-state index is 0.0876. The quantitative estimate of drug-likeness (QED) is 0.621. The van der Waals surface area contributed by atoms with Crippen LogP contribution in [-0.4, -0.2) is 29.7 Å². The molecule has 0 unspecified atom stereocenters. The number of phenolic OH excluding ortho intramolecular Hbond substituents is 1. The van der Waals surface area contributed by atoms with Crippen molar-refractivity contribution in [3.05, 3.63) is 35.4 Å². The molecule has 0 bridgehead atoms. The summed E-state index contributed by atoms with van der Waals surface area (Å²) < 4.78 is 0. The van der Waals surface area contributed by atoms with Gasteiger partial charge in [0, 0.05) is 18.8 Å². The molecular formula is C17H22N2O2. The van der Waals surface area contributed by atoms with Crippen molar-refractivity contribution < 1.29 is 9.90 Å². The van der Waals surface area contributed by atoms with Gasteiger partial charge in [-0.2, -0.15) is 0 Å². The zero-order valence-electron chi connectivity index (χ0n) is 12.6. The van der Waals surface area contributed by atoms with Crippen LogP contribution in [0.2, 0.25) is 0 Å². The number of hydrogen-bond acceptors (Lipinski definition) is 4. The fourth-order valence-electron chi connectivity index (χ4n) is 2.34. The first-order valence-corrected chi connectivity index (χ1v) is 7.56. The lowest BCUT2D eigenvalue weighted by Gasteiger charge is -2.18. The van der Waals surface area contributed by atoms with Crippen LogP contribution in [0, 0.1) is 0 Å². The predicted octanol–water partition coefficient (Wildman–Crippen LogP) is 3.56. The van der Waals surface area contributed by atoms with Gasteiger partial charge >= 0.3 is 0 Å². The minimum atomic E-state index is -0.0876. The van der Waals surface area contributed by atoms with Crippen molar-refractivity contribution in [2.75, 3.05) is 18.4 Å². The van der Waals surface area contributed by atoms with E-state index in [0.717, 1.165) is 31.5 Å². The summed E-state index contributed by atoms with van der Waals surface area (Å²) in [5.41, 5.74) is 2.54. The van der Waals surface area contributed by atoms with Gasteiger partial charge in [-0.25, -0.2) is 0 Å². The van der Waals surface area contributed by atoms with Gasteiger partial charge in [0.05, 0.1) is 16.8 Å². The molecule has 0 spiro atoms. The first kappa shape index (κ1) is 15.3. The number of carbonyl (C=O) groups excluding carboxylic acids is 1. The number of nitrogens with zero attached hydrogens (tertiary/aromatic N) is 1. The zero-order chi connectivity index (χ0) is 15.2. The molecule has 1 aliphatic carbocycles. The molecule has 21 heavy (non-hydrogen) atoms. The third-order valence-corrected chi connectivity index (χ3v) is 3.43. The maximum absolute atomic E-state index is 12.2. The van der Waals surface area contributed by atoms with Crippen molar-refractivity contribution in [1.29, 1.82) is 0 Å². The molecule has 112 valence electrons. The van der Waals surface area contributed by atoms with E-state index in [4.69, 9.17) is 0 Å². The van der Waals surface area contributed by atoms with Gasteiger partial charge in [0.2, 0.25) is 0 Å². The van der Waals surface area contributed by atoms with Crippen LogP contribution in [0.5, 0.6) is 5.75 Å². The van der Waals surface area contributed by atoms with Gasteiger partial charge in [0.1, 0.15) is 5.75 Å². The smallest absolute Gasteiger partial charge is 0.188 e. The second-order valence-electron chi connectivity index (χ2n) is 5.13. The van der Waals surface area contributed by atoms with Crippen molar-refractivity contribution in [2.45, 2.75) is 33.1 Å². The van der Waals surface area contributed by atoms with E-state index >= 15 is 0 Å². The summed E-state index contributed by atoms with van der Waals surface area (Å²) in [5.74, 6) is 0.0222. The number of aromatic hydroxyl groups is 1. The zero-order valence-corrected chi connectivity index (χ0v) is 12.6. The molecule has 4 heteroatoms. The minimum Gasteiger partial charge on any atom is -0.507 e. The first-order valence-electron chi connectivity index (χ1n) is 7.56. The predicted molar refractivity (Wildman–Crippen MR) is 86.7 cm³/mol. The Labute approximate surface area is 125 Å². The second kappa shape index (κ2) is 7.07. The number of hydrogen-bond donors (Lipinski definition) is 2. The number of fused-ring (bicyclic) bond motifs is 1. The largest absolute Gasteiger partial charge is 0.507 e. The molecule has 0 aromatic heterocycles. The third-order valence-electron chi connectivity index (χ3n) is 3.43. The number of rotatable bonds is 6. The molecule has 4 nitrogen and oxygen atoms in total. The standard InChI is InChI=1S/C17H22N2O2/c1-3-5-11-19-13-7-9-14(20)16-12(18-10-4-2)6-8-15(21)17(13)16/h6-9,19-20H,3-5,10-11H2,1-2H3. The van der Waals surface area contributed by atoms with Crippen molar-refractivity contribution in [2.24, 2.45) is 4.99 Å². The Balaban J connectivity index is 2.44. The molecule has 0 saturated carbocycles. The van der Waals surface area contributed by atoms with Crippen LogP contribution >= 0.6 is 0 Å². The lowest BCUT2D eigenvalue weighted by Crippen LogP contribution is -2.16. The average Bonchev–Trinajstić information content (AvgIpc) is 2.49. The number of aliphatic imine (C=N–C) groups is 1. The lowest BCUT2D eigenvalue weighted by molar-refractivity contribution is 0.104. The molecule has 0 fully saturated rings. The summed E-state index contributed by atoms with van der Waals surface area (Å²) in [6.45, 7) is 5.66. The van der Waals surface area contributed by atoms with E-state index in [2.05, 4.69) is 17.2 Å². The van der Waals surface area contributed by atoms with Crippen LogP contribution in [0.15, 0.2) is 29.3 Å². The number of carbonyl (C=O) groups is 1. The Morgan fingerprint density at radius 1 is 1.14 bits per heavy atom. The van der Waals surface area contributed by atoms with Crippen LogP contribution in [0.25, 0.3) is 0 Å². The Morgan fingerprint density at radius 3 is 2.67 bits per heavy atom. The summed E-state index contributed by atoms with van der Waals surface area (Å²) in [6, 6.07) is 3.39. The highest BCUT2D eigenvalue weighted by Crippen LogP contribution is 2.32. The number of anilines is 1. The monoisotopic (exact) mass is 286 g/mol. The SMILES string of the molecule is CCCCNc1ccc(O)c2c1C(=O)C=CC2=NCCC. The van der Waals surface area contributed by atoms with Crippen LogP contribution in [-0.2, 0) is 0 Å². The van der Waals surface area contributed by atoms with Gasteiger partial charge in [-0.15, -0.1) is 0 Å². The van der Waals surface area contributed by atoms with Gasteiger partial charge in [-0.1, -0.05) is 20.3 Å². The molecule has 1 aromatic carbocycles. The van der Waals surface area contributed by atoms with Crippen LogP contribution in [0.4, 0.5) is 5.69 Å². The van der Waals surface area contributed by atoms with Gasteiger partial charge < -0.3 is 10.4 Å². The molecule has 0 heterocycles. The molecule has 2 N–H and O–H groups in total. The van der Waals surface area contributed by atoms with Gasteiger partial charge in [0.15, 0.2) is 5.78 Å². The Morgan fingerprint density at radius 2 is 1.95 bits per heavy atom. The molecule has 0 atom stereocenters. The topological polar surface area (TPSA) is 61.7 Å². The fourth-order valence-corrected chi connectivity index (χ4v) is 2.34. The molecule has 0 amide bonds. The van der Waals surface area contributed by atoms with E-state index in [1.54, 1.807) is 18.2 Å². The lowest BCUT2D eigenvalue weighted by atomic mass is 9.91. The molecule has 0 saturated heterocycles. The first-order chi connectivity index (χ1) is 10.2. The average molecular weight is 286 g/mol. The highest BCUT2D eigenvalue weighted by molar-refractivity contribution is 6.27. The number of phenols is 1. The summed E-state index contributed by atoms with van der Waals surface area (Å²) >= 11 is 0. The highest BCUT2D eigenvalue weighted by Gasteiger charge is 2.24. The van der Waals surface area contributed by atoms with E-state index in [0.29, 0.717) is 23.4 Å². The summed E-state index contributed by atoms with van der Waals surface area (Å²) in [7, 11) is 0. The van der Waals surface area contributed by atoms with Crippen molar-refractivity contribution in [3.8, 4) is 5.75 Å². The number of unbranched alkanes of at least 4 members (excludes halogenated alkanes) is 1. The number of nitrogens with one attached hydrogen (secondary N) is 1. The number of ketones is 1. The van der Waals surface area contributed by atoms with Gasteiger partial charge in [0.25, 0.3) is 0 Å². The van der Waals surface area contributed by atoms with E-state index < -0.39 is 0 Å². The molecule has 1 aliphatic rings. The normalized spacial score (nSPS) is 15.3. The van der Waals surface area contributed by atoms with E-state index in [1.807, 2.05) is 6.92 Å². The summed E-state index contributed by atoms with van der Waals surface area (Å²) in [4.78, 5) is 16.7. The summed E-state index contributed by atoms with van der Waals surface area (Å²) in [6.07, 6.45) is 6.27. The maximum atomic E-state index is 12.2. The van der Waals surface area contributed by atoms with Gasteiger partial charge in [-0.3, -0.25) is 9.79 Å². The molecule has 0 radical (unpaired) electrons.